The summed E-state index contributed by atoms with van der Waals surface area (Å²) in [6.45, 7) is 0. The van der Waals surface area contributed by atoms with Crippen LogP contribution in [-0.2, 0) is 12.8 Å². The Labute approximate surface area is 116 Å². The van der Waals surface area contributed by atoms with Gasteiger partial charge in [0.25, 0.3) is 11.8 Å². The molecule has 1 heterocycles. The minimum atomic E-state index is -0.339. The summed E-state index contributed by atoms with van der Waals surface area (Å²) in [6.07, 6.45) is 1.38. The number of aromatic hydroxyl groups is 1. The predicted molar refractivity (Wildman–Crippen MR) is 73.8 cm³/mol. The lowest BCUT2D eigenvalue weighted by molar-refractivity contribution is 0.0879. The summed E-state index contributed by atoms with van der Waals surface area (Å²) in [7, 11) is 0. The van der Waals surface area contributed by atoms with Crippen molar-refractivity contribution in [3.05, 3.63) is 64.7 Å². The molecule has 0 atom stereocenters. The van der Waals surface area contributed by atoms with Crippen molar-refractivity contribution >= 4 is 11.8 Å². The molecule has 4 heteroatoms. The SMILES string of the molecule is O=C1NC(=O)c2cc(CCc3ccccc3O)ccc21. The molecule has 0 saturated carbocycles. The molecule has 0 unspecified atom stereocenters. The third-order valence-corrected chi connectivity index (χ3v) is 3.47. The number of hydrogen-bond acceptors (Lipinski definition) is 3. The van der Waals surface area contributed by atoms with Crippen molar-refractivity contribution in [1.82, 2.24) is 5.32 Å². The number of para-hydroxylation sites is 1. The molecule has 2 aromatic rings. The quantitative estimate of drug-likeness (QED) is 0.836. The van der Waals surface area contributed by atoms with Crippen LogP contribution in [-0.4, -0.2) is 16.9 Å². The zero-order valence-electron chi connectivity index (χ0n) is 10.7. The van der Waals surface area contributed by atoms with Crippen molar-refractivity contribution in [3.8, 4) is 5.75 Å². The molecule has 0 fully saturated rings. The number of benzene rings is 2. The van der Waals surface area contributed by atoms with E-state index in [1.54, 1.807) is 24.3 Å². The fourth-order valence-corrected chi connectivity index (χ4v) is 2.37. The second-order valence-corrected chi connectivity index (χ2v) is 4.79. The number of carbonyl (C=O) groups excluding carboxylic acids is 2. The molecule has 0 bridgehead atoms. The standard InChI is InChI=1S/C16H13NO3/c18-14-4-2-1-3-11(14)7-5-10-6-8-12-13(9-10)16(20)17-15(12)19/h1-4,6,8-9,18H,5,7H2,(H,17,19,20). The first-order valence-electron chi connectivity index (χ1n) is 6.40. The summed E-state index contributed by atoms with van der Waals surface area (Å²) in [6, 6.07) is 12.5. The highest BCUT2D eigenvalue weighted by molar-refractivity contribution is 6.21. The van der Waals surface area contributed by atoms with Crippen molar-refractivity contribution in [1.29, 1.82) is 0 Å². The zero-order chi connectivity index (χ0) is 14.1. The molecular weight excluding hydrogens is 254 g/mol. The maximum absolute atomic E-state index is 11.6. The van der Waals surface area contributed by atoms with Crippen LogP contribution in [0.25, 0.3) is 0 Å². The van der Waals surface area contributed by atoms with Crippen molar-refractivity contribution in [3.63, 3.8) is 0 Å². The first-order valence-corrected chi connectivity index (χ1v) is 6.40. The maximum Gasteiger partial charge on any atom is 0.258 e. The Balaban J connectivity index is 1.80. The van der Waals surface area contributed by atoms with Crippen LogP contribution in [0.3, 0.4) is 0 Å². The molecule has 0 spiro atoms. The first-order chi connectivity index (χ1) is 9.65. The molecule has 1 aliphatic rings. The van der Waals surface area contributed by atoms with Crippen LogP contribution in [0.15, 0.2) is 42.5 Å². The molecule has 2 amide bonds. The maximum atomic E-state index is 11.6. The number of rotatable bonds is 3. The van der Waals surface area contributed by atoms with E-state index in [1.165, 1.54) is 0 Å². The summed E-state index contributed by atoms with van der Waals surface area (Å²) in [5.74, 6) is -0.395. The number of hydrogen-bond donors (Lipinski definition) is 2. The summed E-state index contributed by atoms with van der Waals surface area (Å²) in [4.78, 5) is 23.0. The highest BCUT2D eigenvalue weighted by atomic mass is 16.3. The van der Waals surface area contributed by atoms with E-state index in [1.807, 2.05) is 18.2 Å². The molecule has 0 saturated heterocycles. The normalized spacial score (nSPS) is 13.2. The summed E-state index contributed by atoms with van der Waals surface area (Å²) in [5, 5.41) is 12.0. The first kappa shape index (κ1) is 12.4. The van der Waals surface area contributed by atoms with E-state index >= 15 is 0 Å². The summed E-state index contributed by atoms with van der Waals surface area (Å²) >= 11 is 0. The highest BCUT2D eigenvalue weighted by Gasteiger charge is 2.26. The van der Waals surface area contributed by atoms with Crippen LogP contribution in [0.4, 0.5) is 0 Å². The van der Waals surface area contributed by atoms with Gasteiger partial charge in [-0.3, -0.25) is 14.9 Å². The molecule has 100 valence electrons. The number of aryl methyl sites for hydroxylation is 2. The van der Waals surface area contributed by atoms with Gasteiger partial charge in [0.2, 0.25) is 0 Å². The van der Waals surface area contributed by atoms with Crippen LogP contribution in [0.2, 0.25) is 0 Å². The van der Waals surface area contributed by atoms with Gasteiger partial charge in [0, 0.05) is 0 Å². The Morgan fingerprint density at radius 2 is 1.65 bits per heavy atom. The molecule has 3 rings (SSSR count). The van der Waals surface area contributed by atoms with E-state index in [-0.39, 0.29) is 17.6 Å². The van der Waals surface area contributed by atoms with E-state index in [4.69, 9.17) is 0 Å². The molecule has 1 aliphatic heterocycles. The second kappa shape index (κ2) is 4.81. The van der Waals surface area contributed by atoms with Gasteiger partial charge in [0.1, 0.15) is 5.75 Å². The van der Waals surface area contributed by atoms with E-state index in [2.05, 4.69) is 5.32 Å². The third kappa shape index (κ3) is 2.16. The topological polar surface area (TPSA) is 66.4 Å². The number of amides is 2. The number of phenolic OH excluding ortho intramolecular Hbond substituents is 1. The average Bonchev–Trinajstić information content (AvgIpc) is 2.73. The van der Waals surface area contributed by atoms with E-state index in [0.717, 1.165) is 11.1 Å². The van der Waals surface area contributed by atoms with Crippen molar-refractivity contribution in [2.75, 3.05) is 0 Å². The largest absolute Gasteiger partial charge is 0.508 e. The van der Waals surface area contributed by atoms with Crippen LogP contribution >= 0.6 is 0 Å². The smallest absolute Gasteiger partial charge is 0.258 e. The van der Waals surface area contributed by atoms with Gasteiger partial charge in [0.15, 0.2) is 0 Å². The molecular formula is C16H13NO3. The predicted octanol–water partition coefficient (Wildman–Crippen LogP) is 2.06. The third-order valence-electron chi connectivity index (χ3n) is 3.47. The molecule has 0 aliphatic carbocycles. The number of nitrogens with one attached hydrogen (secondary N) is 1. The van der Waals surface area contributed by atoms with Crippen LogP contribution in [0.5, 0.6) is 5.75 Å². The van der Waals surface area contributed by atoms with Crippen molar-refractivity contribution in [2.45, 2.75) is 12.8 Å². The molecule has 0 aromatic heterocycles. The summed E-state index contributed by atoms with van der Waals surface area (Å²) in [5.41, 5.74) is 2.71. The van der Waals surface area contributed by atoms with Crippen LogP contribution in [0, 0.1) is 0 Å². The Morgan fingerprint density at radius 3 is 2.45 bits per heavy atom. The number of imide groups is 1. The molecule has 2 aromatic carbocycles. The van der Waals surface area contributed by atoms with Crippen molar-refractivity contribution < 1.29 is 14.7 Å². The minimum absolute atomic E-state index is 0.279. The second-order valence-electron chi connectivity index (χ2n) is 4.79. The summed E-state index contributed by atoms with van der Waals surface area (Å²) < 4.78 is 0. The van der Waals surface area contributed by atoms with Crippen molar-refractivity contribution in [2.24, 2.45) is 0 Å². The van der Waals surface area contributed by atoms with Crippen LogP contribution < -0.4 is 5.32 Å². The highest BCUT2D eigenvalue weighted by Crippen LogP contribution is 2.21. The molecule has 4 nitrogen and oxygen atoms in total. The Kier molecular flexibility index (Phi) is 2.99. The fraction of sp³-hybridized carbons (Fsp3) is 0.125. The lowest BCUT2D eigenvalue weighted by Crippen LogP contribution is -2.19. The van der Waals surface area contributed by atoms with Gasteiger partial charge in [-0.1, -0.05) is 24.3 Å². The van der Waals surface area contributed by atoms with Gasteiger partial charge in [-0.15, -0.1) is 0 Å². The molecule has 2 N–H and O–H groups in total. The van der Waals surface area contributed by atoms with E-state index < -0.39 is 0 Å². The van der Waals surface area contributed by atoms with E-state index in [0.29, 0.717) is 24.0 Å². The van der Waals surface area contributed by atoms with Crippen LogP contribution in [0.1, 0.15) is 31.8 Å². The number of fused-ring (bicyclic) bond motifs is 1. The Bertz CT molecular complexity index is 707. The van der Waals surface area contributed by atoms with Gasteiger partial charge in [-0.25, -0.2) is 0 Å². The van der Waals surface area contributed by atoms with Gasteiger partial charge in [-0.05, 0) is 42.2 Å². The lowest BCUT2D eigenvalue weighted by Gasteiger charge is -2.05. The average molecular weight is 267 g/mol. The number of phenols is 1. The van der Waals surface area contributed by atoms with Gasteiger partial charge >= 0.3 is 0 Å². The minimum Gasteiger partial charge on any atom is -0.508 e. The zero-order valence-corrected chi connectivity index (χ0v) is 10.7. The van der Waals surface area contributed by atoms with Gasteiger partial charge in [0.05, 0.1) is 11.1 Å². The number of carbonyl (C=O) groups is 2. The molecule has 20 heavy (non-hydrogen) atoms. The Morgan fingerprint density at radius 1 is 0.900 bits per heavy atom. The fourth-order valence-electron chi connectivity index (χ4n) is 2.37. The monoisotopic (exact) mass is 267 g/mol. The van der Waals surface area contributed by atoms with Gasteiger partial charge in [-0.2, -0.15) is 0 Å². The molecule has 0 radical (unpaired) electrons. The lowest BCUT2D eigenvalue weighted by atomic mass is 10.00. The Hall–Kier alpha value is -2.62. The van der Waals surface area contributed by atoms with E-state index in [9.17, 15) is 14.7 Å². The van der Waals surface area contributed by atoms with Gasteiger partial charge < -0.3 is 5.11 Å².